The van der Waals surface area contributed by atoms with Crippen LogP contribution in [0.15, 0.2) is 52.0 Å². The smallest absolute Gasteiger partial charge is 0.407 e. The summed E-state index contributed by atoms with van der Waals surface area (Å²) in [5, 5.41) is 3.40. The molecule has 0 radical (unpaired) electrons. The molecule has 10 heteroatoms. The van der Waals surface area contributed by atoms with Crippen molar-refractivity contribution < 1.29 is 13.9 Å². The summed E-state index contributed by atoms with van der Waals surface area (Å²) in [5.41, 5.74) is 2.30. The van der Waals surface area contributed by atoms with E-state index in [2.05, 4.69) is 40.3 Å². The second kappa shape index (κ2) is 8.97. The predicted octanol–water partition coefficient (Wildman–Crippen LogP) is 5.35. The van der Waals surface area contributed by atoms with E-state index in [1.807, 2.05) is 24.3 Å². The van der Waals surface area contributed by atoms with E-state index in [-0.39, 0.29) is 11.9 Å². The number of nitrogens with zero attached hydrogens (tertiary/aromatic N) is 2. The number of imidazole rings is 1. The number of methoxy groups -OCH3 is 1. The second-order valence-electron chi connectivity index (χ2n) is 6.69. The summed E-state index contributed by atoms with van der Waals surface area (Å²) in [7, 11) is 1.35. The highest BCUT2D eigenvalue weighted by atomic mass is 79.9. The zero-order valence-corrected chi connectivity index (χ0v) is 18.9. The van der Waals surface area contributed by atoms with Gasteiger partial charge in [0, 0.05) is 29.1 Å². The molecule has 0 unspecified atom stereocenters. The fraction of sp³-hybridized carbons (Fsp3) is 0.200. The van der Waals surface area contributed by atoms with Crippen LogP contribution in [0, 0.1) is 5.82 Å². The molecule has 0 aliphatic carbocycles. The molecule has 2 heterocycles. The Morgan fingerprint density at radius 1 is 1.33 bits per heavy atom. The summed E-state index contributed by atoms with van der Waals surface area (Å²) in [6.45, 7) is 1.39. The topological polar surface area (TPSA) is 70.2 Å². The van der Waals surface area contributed by atoms with Crippen molar-refractivity contribution in [1.82, 2.24) is 19.6 Å². The zero-order chi connectivity index (χ0) is 21.3. The van der Waals surface area contributed by atoms with Gasteiger partial charge in [0.05, 0.1) is 34.5 Å². The van der Waals surface area contributed by atoms with Gasteiger partial charge < -0.3 is 15.0 Å². The Bertz CT molecular complexity index is 1090. The van der Waals surface area contributed by atoms with Crippen LogP contribution in [0.3, 0.4) is 0 Å². The Morgan fingerprint density at radius 2 is 2.10 bits per heavy atom. The largest absolute Gasteiger partial charge is 0.453 e. The van der Waals surface area contributed by atoms with E-state index in [4.69, 9.17) is 11.6 Å². The minimum atomic E-state index is -0.427. The molecule has 3 aromatic rings. The standard InChI is InChI=1S/C20H17BrClFN4O2S/c1-29-20(28)25-13-9-27(10-13)30-18-7-12(3-5-15(18)22)19-24-8-17(26-19)11-2-4-14(21)16(23)6-11/h2-8,13H,9-10H2,1H3,(H,24,26)(H,25,28). The first-order valence-electron chi connectivity index (χ1n) is 9.00. The molecule has 2 aromatic carbocycles. The summed E-state index contributed by atoms with van der Waals surface area (Å²) in [6.07, 6.45) is 1.25. The van der Waals surface area contributed by atoms with Crippen molar-refractivity contribution >= 4 is 45.6 Å². The molecule has 156 valence electrons. The van der Waals surface area contributed by atoms with Gasteiger partial charge in [-0.1, -0.05) is 17.7 Å². The molecule has 0 saturated carbocycles. The predicted molar refractivity (Wildman–Crippen MR) is 119 cm³/mol. The molecule has 4 rings (SSSR count). The molecule has 2 N–H and O–H groups in total. The first-order chi connectivity index (χ1) is 14.4. The van der Waals surface area contributed by atoms with Crippen LogP contribution in [-0.2, 0) is 4.74 Å². The molecular formula is C20H17BrClFN4O2S. The van der Waals surface area contributed by atoms with Gasteiger partial charge in [-0.25, -0.2) is 18.5 Å². The number of aromatic nitrogens is 2. The average Bonchev–Trinajstić information content (AvgIpc) is 3.19. The van der Waals surface area contributed by atoms with Crippen LogP contribution in [0.5, 0.6) is 0 Å². The van der Waals surface area contributed by atoms with E-state index in [9.17, 15) is 9.18 Å². The van der Waals surface area contributed by atoms with Crippen molar-refractivity contribution in [1.29, 1.82) is 0 Å². The fourth-order valence-electron chi connectivity index (χ4n) is 2.97. The summed E-state index contributed by atoms with van der Waals surface area (Å²) >= 11 is 11.1. The van der Waals surface area contributed by atoms with Gasteiger partial charge in [-0.05, 0) is 58.2 Å². The van der Waals surface area contributed by atoms with E-state index in [1.165, 1.54) is 25.1 Å². The first kappa shape index (κ1) is 21.2. The first-order valence-corrected chi connectivity index (χ1v) is 10.9. The van der Waals surface area contributed by atoms with Crippen LogP contribution in [0.2, 0.25) is 5.02 Å². The lowest BCUT2D eigenvalue weighted by Crippen LogP contribution is -2.56. The van der Waals surface area contributed by atoms with Gasteiger partial charge in [-0.3, -0.25) is 0 Å². The van der Waals surface area contributed by atoms with Crippen LogP contribution in [0.25, 0.3) is 22.6 Å². The Balaban J connectivity index is 1.47. The van der Waals surface area contributed by atoms with Gasteiger partial charge in [0.15, 0.2) is 0 Å². The maximum Gasteiger partial charge on any atom is 0.407 e. The maximum atomic E-state index is 13.8. The normalized spacial score (nSPS) is 14.4. The van der Waals surface area contributed by atoms with Crippen molar-refractivity contribution in [3.05, 3.63) is 57.9 Å². The minimum absolute atomic E-state index is 0.0610. The Hall–Kier alpha value is -2.07. The lowest BCUT2D eigenvalue weighted by atomic mass is 10.2. The van der Waals surface area contributed by atoms with E-state index < -0.39 is 6.09 Å². The molecule has 1 saturated heterocycles. The number of benzene rings is 2. The molecule has 1 aliphatic heterocycles. The summed E-state index contributed by atoms with van der Waals surface area (Å²) in [6, 6.07) is 10.7. The van der Waals surface area contributed by atoms with E-state index in [1.54, 1.807) is 12.3 Å². The third-order valence-corrected chi connectivity index (χ3v) is 6.77. The number of aromatic amines is 1. The number of alkyl carbamates (subject to hydrolysis) is 1. The van der Waals surface area contributed by atoms with Gasteiger partial charge in [0.1, 0.15) is 11.6 Å². The SMILES string of the molecule is COC(=O)NC1CN(Sc2cc(-c3ncc(-c4ccc(Br)c(F)c4)[nH]3)ccc2Cl)C1. The minimum Gasteiger partial charge on any atom is -0.453 e. The quantitative estimate of drug-likeness (QED) is 0.452. The number of hydrogen-bond acceptors (Lipinski definition) is 5. The molecule has 1 aromatic heterocycles. The van der Waals surface area contributed by atoms with E-state index >= 15 is 0 Å². The highest BCUT2D eigenvalue weighted by Gasteiger charge is 2.29. The van der Waals surface area contributed by atoms with Crippen LogP contribution < -0.4 is 5.32 Å². The number of amides is 1. The van der Waals surface area contributed by atoms with Crippen molar-refractivity contribution in [3.8, 4) is 22.6 Å². The molecule has 1 amide bonds. The molecular weight excluding hydrogens is 495 g/mol. The number of halogens is 3. The Kier molecular flexibility index (Phi) is 6.33. The highest BCUT2D eigenvalue weighted by Crippen LogP contribution is 2.36. The number of nitrogens with one attached hydrogen (secondary N) is 2. The van der Waals surface area contributed by atoms with Crippen molar-refractivity contribution in [2.45, 2.75) is 10.9 Å². The van der Waals surface area contributed by atoms with Crippen LogP contribution >= 0.6 is 39.5 Å². The van der Waals surface area contributed by atoms with Crippen LogP contribution in [0.4, 0.5) is 9.18 Å². The summed E-state index contributed by atoms with van der Waals surface area (Å²) in [5.74, 6) is 0.337. The van der Waals surface area contributed by atoms with Gasteiger partial charge in [0.25, 0.3) is 0 Å². The monoisotopic (exact) mass is 510 g/mol. The number of carbonyl (C=O) groups excluding carboxylic acids is 1. The van der Waals surface area contributed by atoms with Crippen molar-refractivity contribution in [2.24, 2.45) is 0 Å². The summed E-state index contributed by atoms with van der Waals surface area (Å²) < 4.78 is 21.0. The van der Waals surface area contributed by atoms with Crippen LogP contribution in [-0.4, -0.2) is 46.6 Å². The second-order valence-corrected chi connectivity index (χ2v) is 9.09. The van der Waals surface area contributed by atoms with Gasteiger partial charge in [-0.15, -0.1) is 0 Å². The zero-order valence-electron chi connectivity index (χ0n) is 15.8. The average molecular weight is 512 g/mol. The summed E-state index contributed by atoms with van der Waals surface area (Å²) in [4.78, 5) is 19.8. The molecule has 6 nitrogen and oxygen atoms in total. The van der Waals surface area contributed by atoms with Gasteiger partial charge in [0.2, 0.25) is 0 Å². The third-order valence-electron chi connectivity index (χ3n) is 4.59. The number of H-pyrrole nitrogens is 1. The molecule has 30 heavy (non-hydrogen) atoms. The number of carbonyl (C=O) groups is 1. The number of rotatable bonds is 5. The van der Waals surface area contributed by atoms with Crippen molar-refractivity contribution in [2.75, 3.05) is 20.2 Å². The highest BCUT2D eigenvalue weighted by molar-refractivity contribution is 9.10. The van der Waals surface area contributed by atoms with E-state index in [0.29, 0.717) is 34.0 Å². The van der Waals surface area contributed by atoms with Gasteiger partial charge in [-0.2, -0.15) is 0 Å². The van der Waals surface area contributed by atoms with Crippen molar-refractivity contribution in [3.63, 3.8) is 0 Å². The molecule has 1 fully saturated rings. The molecule has 0 spiro atoms. The molecule has 1 aliphatic rings. The van der Waals surface area contributed by atoms with Gasteiger partial charge >= 0.3 is 6.09 Å². The van der Waals surface area contributed by atoms with E-state index in [0.717, 1.165) is 16.2 Å². The number of ether oxygens (including phenoxy) is 1. The molecule has 0 atom stereocenters. The fourth-order valence-corrected chi connectivity index (χ4v) is 4.56. The van der Waals surface area contributed by atoms with Crippen LogP contribution in [0.1, 0.15) is 0 Å². The third kappa shape index (κ3) is 4.64. The lowest BCUT2D eigenvalue weighted by Gasteiger charge is -2.38. The number of hydrogen-bond donors (Lipinski definition) is 2. The Labute approximate surface area is 190 Å². The molecule has 0 bridgehead atoms. The Morgan fingerprint density at radius 3 is 2.83 bits per heavy atom. The maximum absolute atomic E-state index is 13.8. The lowest BCUT2D eigenvalue weighted by molar-refractivity contribution is 0.152.